The van der Waals surface area contributed by atoms with Crippen molar-refractivity contribution in [2.75, 3.05) is 26.4 Å². The second-order valence-corrected chi connectivity index (χ2v) is 5.54. The molecule has 2 aliphatic rings. The first-order chi connectivity index (χ1) is 6.74. The predicted octanol–water partition coefficient (Wildman–Crippen LogP) is 0.662. The smallest absolute Gasteiger partial charge is 0.319 e. The van der Waals surface area contributed by atoms with Crippen molar-refractivity contribution in [1.82, 2.24) is 5.25 Å². The first-order valence-corrected chi connectivity index (χ1v) is 6.40. The molecule has 0 aromatic rings. The summed E-state index contributed by atoms with van der Waals surface area (Å²) in [5.41, 5.74) is -0.381. The maximum atomic E-state index is 10.8. The van der Waals surface area contributed by atoms with E-state index in [0.717, 1.165) is 0 Å². The van der Waals surface area contributed by atoms with E-state index in [1.165, 1.54) is 0 Å². The van der Waals surface area contributed by atoms with Gasteiger partial charge in [0.05, 0.1) is 31.8 Å². The molecule has 0 aliphatic carbocycles. The molecule has 0 unspecified atom stereocenters. The second kappa shape index (κ2) is 4.51. The highest BCUT2D eigenvalue weighted by Gasteiger charge is 2.41. The molecule has 0 saturated carbocycles. The van der Waals surface area contributed by atoms with Crippen LogP contribution in [0.2, 0.25) is 0 Å². The molecule has 1 spiro atoms. The Labute approximate surface area is 82.5 Å². The van der Waals surface area contributed by atoms with Crippen molar-refractivity contribution < 1.29 is 27.9 Å². The maximum absolute atomic E-state index is 10.8. The quantitative estimate of drug-likeness (QED) is 0.516. The zero-order valence-corrected chi connectivity index (χ0v) is 9.16. The van der Waals surface area contributed by atoms with Crippen molar-refractivity contribution in [3.63, 3.8) is 0 Å². The van der Waals surface area contributed by atoms with Crippen LogP contribution in [0.25, 0.3) is 0 Å². The van der Waals surface area contributed by atoms with E-state index in [2.05, 4.69) is 0 Å². The van der Waals surface area contributed by atoms with Gasteiger partial charge in [0.1, 0.15) is 0 Å². The van der Waals surface area contributed by atoms with Crippen molar-refractivity contribution in [3.05, 3.63) is 0 Å². The van der Waals surface area contributed by atoms with Crippen LogP contribution in [0.1, 0.15) is 0 Å². The summed E-state index contributed by atoms with van der Waals surface area (Å²) in [7, 11) is -3.71. The van der Waals surface area contributed by atoms with Gasteiger partial charge in [-0.1, -0.05) is 0 Å². The van der Waals surface area contributed by atoms with Crippen molar-refractivity contribution >= 4 is 16.8 Å². The fourth-order valence-electron chi connectivity index (χ4n) is 1.20. The zero-order valence-electron chi connectivity index (χ0n) is 7.26. The molecule has 82 valence electrons. The molecule has 14 heavy (non-hydrogen) atoms. The van der Waals surface area contributed by atoms with Crippen LogP contribution in [-0.2, 0) is 22.7 Å². The Balaban J connectivity index is 1.89. The van der Waals surface area contributed by atoms with Gasteiger partial charge in [0, 0.05) is 0 Å². The fourth-order valence-corrected chi connectivity index (χ4v) is 3.11. The third kappa shape index (κ3) is 2.32. The molecular weight excluding hydrogens is 232 g/mol. The predicted molar refractivity (Wildman–Crippen MR) is 47.1 cm³/mol. The van der Waals surface area contributed by atoms with E-state index in [9.17, 15) is 4.57 Å². The average molecular weight is 243 g/mol. The highest BCUT2D eigenvalue weighted by atomic mass is 31.2. The van der Waals surface area contributed by atoms with Crippen molar-refractivity contribution in [2.45, 2.75) is 0 Å². The average Bonchev–Trinajstić information content (AvgIpc) is 2.24. The summed E-state index contributed by atoms with van der Waals surface area (Å²) >= 11 is 0. The Kier molecular flexibility index (Phi) is 3.52. The van der Waals surface area contributed by atoms with E-state index in [0.29, 0.717) is 26.4 Å². The minimum Gasteiger partial charge on any atom is -0.320 e. The van der Waals surface area contributed by atoms with Gasteiger partial charge in [-0.3, -0.25) is 4.57 Å². The van der Waals surface area contributed by atoms with Gasteiger partial charge in [-0.15, -0.1) is 5.25 Å². The molecule has 9 heteroatoms. The van der Waals surface area contributed by atoms with E-state index in [1.54, 1.807) is 0 Å². The van der Waals surface area contributed by atoms with Crippen LogP contribution in [0.3, 0.4) is 0 Å². The number of nitrogens with one attached hydrogen (secondary N) is 1. The topological polar surface area (TPSA) is 86.3 Å². The van der Waals surface area contributed by atoms with Crippen LogP contribution in [0.5, 0.6) is 0 Å². The van der Waals surface area contributed by atoms with E-state index in [4.69, 9.17) is 23.3 Å². The van der Waals surface area contributed by atoms with Crippen LogP contribution < -0.4 is 5.25 Å². The molecule has 2 saturated heterocycles. The summed E-state index contributed by atoms with van der Waals surface area (Å²) in [5.74, 6) is 0. The van der Waals surface area contributed by atoms with E-state index < -0.39 is 16.8 Å². The third-order valence-corrected chi connectivity index (χ3v) is 3.70. The molecule has 2 heterocycles. The van der Waals surface area contributed by atoms with Gasteiger partial charge in [-0.25, -0.2) is 0 Å². The van der Waals surface area contributed by atoms with Crippen LogP contribution in [0, 0.1) is 5.41 Å². The molecule has 7 nitrogen and oxygen atoms in total. The summed E-state index contributed by atoms with van der Waals surface area (Å²) in [6, 6.07) is 0. The number of rotatable bonds is 1. The monoisotopic (exact) mass is 243 g/mol. The number of hydrogen-bond donors (Lipinski definition) is 2. The first kappa shape index (κ1) is 10.9. The lowest BCUT2D eigenvalue weighted by molar-refractivity contribution is -0.0612. The highest BCUT2D eigenvalue weighted by molar-refractivity contribution is 7.44. The minimum atomic E-state index is -2.31. The first-order valence-electron chi connectivity index (χ1n) is 3.99. The molecule has 2 rings (SSSR count). The normalized spacial score (nSPS) is 44.1. The lowest BCUT2D eigenvalue weighted by Gasteiger charge is -2.39. The summed E-state index contributed by atoms with van der Waals surface area (Å²) in [6.45, 7) is 1.33. The molecular formula is C5H11NO6P2. The lowest BCUT2D eigenvalue weighted by atomic mass is 9.93. The number of hydrogen-bond acceptors (Lipinski definition) is 7. The van der Waals surface area contributed by atoms with Crippen LogP contribution in [0.15, 0.2) is 0 Å². The Hall–Kier alpha value is 0.420. The fraction of sp³-hybridized carbons (Fsp3) is 1.00. The van der Waals surface area contributed by atoms with E-state index in [1.807, 2.05) is 5.25 Å². The van der Waals surface area contributed by atoms with Crippen LogP contribution in [0.4, 0.5) is 0 Å². The van der Waals surface area contributed by atoms with Gasteiger partial charge in [0.25, 0.3) is 8.53 Å². The van der Waals surface area contributed by atoms with Crippen molar-refractivity contribution in [3.8, 4) is 0 Å². The van der Waals surface area contributed by atoms with E-state index >= 15 is 0 Å². The zero-order chi connectivity index (χ0) is 10.0. The van der Waals surface area contributed by atoms with Gasteiger partial charge in [0.15, 0.2) is 0 Å². The van der Waals surface area contributed by atoms with Gasteiger partial charge >= 0.3 is 8.25 Å². The largest absolute Gasteiger partial charge is 0.320 e. The SMILES string of the molecule is O=[PH]1OCC2(COP(NO)OC2)CO1. The molecule has 2 aliphatic heterocycles. The Morgan fingerprint density at radius 2 is 1.79 bits per heavy atom. The standard InChI is InChI=1S/C5H11NO6P2/c7-6-13-9-1-5(2-10-13)3-11-14(8)12-4-5/h6-7,14H,1-4H2. The molecule has 0 aromatic carbocycles. The maximum Gasteiger partial charge on any atom is 0.319 e. The van der Waals surface area contributed by atoms with Gasteiger partial charge in [-0.2, -0.15) is 0 Å². The van der Waals surface area contributed by atoms with Crippen molar-refractivity contribution in [2.24, 2.45) is 5.41 Å². The van der Waals surface area contributed by atoms with Crippen molar-refractivity contribution in [1.29, 1.82) is 0 Å². The molecule has 0 aromatic heterocycles. The van der Waals surface area contributed by atoms with E-state index in [-0.39, 0.29) is 5.41 Å². The summed E-state index contributed by atoms with van der Waals surface area (Å²) < 4.78 is 31.0. The molecule has 2 fully saturated rings. The highest BCUT2D eigenvalue weighted by Crippen LogP contribution is 2.46. The van der Waals surface area contributed by atoms with Gasteiger partial charge in [0.2, 0.25) is 0 Å². The Bertz CT molecular complexity index is 218. The molecule has 0 amide bonds. The molecule has 0 radical (unpaired) electrons. The van der Waals surface area contributed by atoms with Gasteiger partial charge in [-0.05, 0) is 0 Å². The Morgan fingerprint density at radius 1 is 1.21 bits per heavy atom. The van der Waals surface area contributed by atoms with Gasteiger partial charge < -0.3 is 23.3 Å². The summed E-state index contributed by atoms with van der Waals surface area (Å²) in [4.78, 5) is 0. The second-order valence-electron chi connectivity index (χ2n) is 3.23. The minimum absolute atomic E-state index is 0.305. The molecule has 0 bridgehead atoms. The lowest BCUT2D eigenvalue weighted by Crippen LogP contribution is -2.44. The van der Waals surface area contributed by atoms with Crippen LogP contribution in [-0.4, -0.2) is 31.6 Å². The van der Waals surface area contributed by atoms with Crippen LogP contribution >= 0.6 is 16.8 Å². The third-order valence-electron chi connectivity index (χ3n) is 2.05. The molecule has 2 N–H and O–H groups in total. The summed E-state index contributed by atoms with van der Waals surface area (Å²) in [6.07, 6.45) is 0. The molecule has 0 atom stereocenters. The Morgan fingerprint density at radius 3 is 2.29 bits per heavy atom. The summed E-state index contributed by atoms with van der Waals surface area (Å²) in [5, 5.41) is 10.5.